The third-order valence-corrected chi connectivity index (χ3v) is 5.05. The van der Waals surface area contributed by atoms with Crippen LogP contribution in [0, 0.1) is 11.6 Å². The van der Waals surface area contributed by atoms with Gasteiger partial charge in [-0.2, -0.15) is 0 Å². The fourth-order valence-corrected chi connectivity index (χ4v) is 3.72. The monoisotopic (exact) mass is 353 g/mol. The molecule has 4 rings (SSSR count). The molecule has 0 bridgehead atoms. The van der Waals surface area contributed by atoms with Crippen molar-refractivity contribution in [3.8, 4) is 0 Å². The lowest BCUT2D eigenvalue weighted by molar-refractivity contribution is 0.357. The molecule has 0 spiro atoms. The lowest BCUT2D eigenvalue weighted by atomic mass is 9.84. The van der Waals surface area contributed by atoms with Gasteiger partial charge in [0.1, 0.15) is 11.6 Å². The van der Waals surface area contributed by atoms with E-state index < -0.39 is 11.6 Å². The SMILES string of the molecule is Fc1ccc(C(Cc2ccc3cccnc3c2)C2CNCCN2)c(F)c1. The normalized spacial score (nSPS) is 18.8. The predicted molar refractivity (Wildman–Crippen MR) is 99.2 cm³/mol. The minimum atomic E-state index is -0.547. The molecule has 5 heteroatoms. The summed E-state index contributed by atoms with van der Waals surface area (Å²) in [5.41, 5.74) is 2.57. The van der Waals surface area contributed by atoms with E-state index >= 15 is 0 Å². The van der Waals surface area contributed by atoms with Crippen molar-refractivity contribution in [3.05, 3.63) is 77.5 Å². The predicted octanol–water partition coefficient (Wildman–Crippen LogP) is 3.40. The Hall–Kier alpha value is -2.37. The zero-order valence-electron chi connectivity index (χ0n) is 14.4. The van der Waals surface area contributed by atoms with Crippen LogP contribution in [0.1, 0.15) is 17.0 Å². The van der Waals surface area contributed by atoms with Crippen LogP contribution in [0.2, 0.25) is 0 Å². The van der Waals surface area contributed by atoms with Gasteiger partial charge in [0, 0.05) is 49.2 Å². The van der Waals surface area contributed by atoms with Crippen molar-refractivity contribution in [1.82, 2.24) is 15.6 Å². The van der Waals surface area contributed by atoms with Gasteiger partial charge in [-0.3, -0.25) is 4.98 Å². The highest BCUT2D eigenvalue weighted by Crippen LogP contribution is 2.29. The molecule has 2 heterocycles. The van der Waals surface area contributed by atoms with E-state index in [9.17, 15) is 8.78 Å². The molecule has 1 saturated heterocycles. The Kier molecular flexibility index (Phi) is 4.91. The quantitative estimate of drug-likeness (QED) is 0.755. The van der Waals surface area contributed by atoms with Gasteiger partial charge >= 0.3 is 0 Å². The number of rotatable bonds is 4. The van der Waals surface area contributed by atoms with Crippen molar-refractivity contribution in [2.45, 2.75) is 18.4 Å². The number of nitrogens with zero attached hydrogens (tertiary/aromatic N) is 1. The fourth-order valence-electron chi connectivity index (χ4n) is 3.72. The summed E-state index contributed by atoms with van der Waals surface area (Å²) >= 11 is 0. The van der Waals surface area contributed by atoms with E-state index in [2.05, 4.69) is 27.8 Å². The van der Waals surface area contributed by atoms with Crippen molar-refractivity contribution in [3.63, 3.8) is 0 Å². The van der Waals surface area contributed by atoms with Gasteiger partial charge in [-0.25, -0.2) is 8.78 Å². The lowest BCUT2D eigenvalue weighted by Crippen LogP contribution is -2.51. The number of aromatic nitrogens is 1. The van der Waals surface area contributed by atoms with Gasteiger partial charge in [0.25, 0.3) is 0 Å². The van der Waals surface area contributed by atoms with Crippen LogP contribution in [-0.4, -0.2) is 30.7 Å². The fraction of sp³-hybridized carbons (Fsp3) is 0.286. The van der Waals surface area contributed by atoms with E-state index in [1.54, 1.807) is 12.3 Å². The number of benzene rings is 2. The van der Waals surface area contributed by atoms with Gasteiger partial charge in [0.15, 0.2) is 0 Å². The Morgan fingerprint density at radius 2 is 2.00 bits per heavy atom. The van der Waals surface area contributed by atoms with Crippen LogP contribution in [0.5, 0.6) is 0 Å². The Labute approximate surface area is 151 Å². The Balaban J connectivity index is 1.69. The summed E-state index contributed by atoms with van der Waals surface area (Å²) in [7, 11) is 0. The first-order valence-corrected chi connectivity index (χ1v) is 8.93. The molecule has 1 aliphatic heterocycles. The molecule has 26 heavy (non-hydrogen) atoms. The van der Waals surface area contributed by atoms with Crippen LogP contribution in [0.3, 0.4) is 0 Å². The summed E-state index contributed by atoms with van der Waals surface area (Å²) < 4.78 is 27.9. The van der Waals surface area contributed by atoms with E-state index in [1.165, 1.54) is 6.07 Å². The molecule has 2 atom stereocenters. The van der Waals surface area contributed by atoms with Crippen molar-refractivity contribution >= 4 is 10.9 Å². The highest BCUT2D eigenvalue weighted by molar-refractivity contribution is 5.78. The first kappa shape index (κ1) is 17.1. The maximum Gasteiger partial charge on any atom is 0.129 e. The molecule has 0 amide bonds. The Morgan fingerprint density at radius 1 is 1.08 bits per heavy atom. The van der Waals surface area contributed by atoms with E-state index in [0.29, 0.717) is 12.0 Å². The number of hydrogen-bond donors (Lipinski definition) is 2. The van der Waals surface area contributed by atoms with E-state index in [-0.39, 0.29) is 12.0 Å². The third kappa shape index (κ3) is 3.59. The smallest absolute Gasteiger partial charge is 0.129 e. The van der Waals surface area contributed by atoms with Crippen molar-refractivity contribution < 1.29 is 8.78 Å². The molecule has 2 aromatic carbocycles. The topological polar surface area (TPSA) is 37.0 Å². The van der Waals surface area contributed by atoms with Crippen LogP contribution in [-0.2, 0) is 6.42 Å². The molecule has 1 fully saturated rings. The first-order valence-electron chi connectivity index (χ1n) is 8.93. The lowest BCUT2D eigenvalue weighted by Gasteiger charge is -2.32. The second-order valence-electron chi connectivity index (χ2n) is 6.77. The molecule has 3 aromatic rings. The molecule has 3 nitrogen and oxygen atoms in total. The molecule has 1 aromatic heterocycles. The minimum absolute atomic E-state index is 0.0862. The molecular weight excluding hydrogens is 332 g/mol. The Morgan fingerprint density at radius 3 is 2.81 bits per heavy atom. The summed E-state index contributed by atoms with van der Waals surface area (Å²) in [4.78, 5) is 4.41. The maximum atomic E-state index is 14.5. The molecule has 2 N–H and O–H groups in total. The van der Waals surface area contributed by atoms with E-state index in [1.807, 2.05) is 18.2 Å². The molecule has 134 valence electrons. The molecule has 0 aliphatic carbocycles. The standard InChI is InChI=1S/C21H21F2N3/c22-16-5-6-17(19(23)12-16)18(21-13-24-8-9-26-21)10-14-3-4-15-2-1-7-25-20(15)11-14/h1-7,11-12,18,21,24,26H,8-10,13H2. The minimum Gasteiger partial charge on any atom is -0.314 e. The van der Waals surface area contributed by atoms with Gasteiger partial charge in [-0.15, -0.1) is 0 Å². The third-order valence-electron chi connectivity index (χ3n) is 5.05. The number of piperazine rings is 1. The van der Waals surface area contributed by atoms with Crippen LogP contribution in [0.15, 0.2) is 54.7 Å². The summed E-state index contributed by atoms with van der Waals surface area (Å²) in [5.74, 6) is -1.12. The zero-order valence-corrected chi connectivity index (χ0v) is 14.4. The number of pyridine rings is 1. The van der Waals surface area contributed by atoms with Crippen LogP contribution in [0.25, 0.3) is 10.9 Å². The second-order valence-corrected chi connectivity index (χ2v) is 6.77. The second kappa shape index (κ2) is 7.48. The highest BCUT2D eigenvalue weighted by Gasteiger charge is 2.27. The molecule has 2 unspecified atom stereocenters. The van der Waals surface area contributed by atoms with Crippen molar-refractivity contribution in [1.29, 1.82) is 0 Å². The number of nitrogens with one attached hydrogen (secondary N) is 2. The van der Waals surface area contributed by atoms with Crippen LogP contribution < -0.4 is 10.6 Å². The summed E-state index contributed by atoms with van der Waals surface area (Å²) in [6.45, 7) is 2.49. The molecule has 0 radical (unpaired) electrons. The molecule has 1 aliphatic rings. The average Bonchev–Trinajstić information content (AvgIpc) is 2.67. The number of fused-ring (bicyclic) bond motifs is 1. The zero-order chi connectivity index (χ0) is 17.9. The maximum absolute atomic E-state index is 14.5. The number of halogens is 2. The van der Waals surface area contributed by atoms with Gasteiger partial charge < -0.3 is 10.6 Å². The number of hydrogen-bond acceptors (Lipinski definition) is 3. The van der Waals surface area contributed by atoms with E-state index in [4.69, 9.17) is 0 Å². The molecule has 0 saturated carbocycles. The summed E-state index contributed by atoms with van der Waals surface area (Å²) in [5, 5.41) is 7.92. The van der Waals surface area contributed by atoms with Crippen molar-refractivity contribution in [2.24, 2.45) is 0 Å². The highest BCUT2D eigenvalue weighted by atomic mass is 19.1. The van der Waals surface area contributed by atoms with Crippen LogP contribution >= 0.6 is 0 Å². The van der Waals surface area contributed by atoms with Gasteiger partial charge in [0.2, 0.25) is 0 Å². The first-order chi connectivity index (χ1) is 12.7. The van der Waals surface area contributed by atoms with Gasteiger partial charge in [0.05, 0.1) is 5.52 Å². The summed E-state index contributed by atoms with van der Waals surface area (Å²) in [6.07, 6.45) is 2.43. The summed E-state index contributed by atoms with van der Waals surface area (Å²) in [6, 6.07) is 14.1. The molecular formula is C21H21F2N3. The largest absolute Gasteiger partial charge is 0.314 e. The van der Waals surface area contributed by atoms with Gasteiger partial charge in [-0.1, -0.05) is 24.3 Å². The van der Waals surface area contributed by atoms with E-state index in [0.717, 1.165) is 42.2 Å². The van der Waals surface area contributed by atoms with Crippen molar-refractivity contribution in [2.75, 3.05) is 19.6 Å². The Bertz CT molecular complexity index is 907. The van der Waals surface area contributed by atoms with Crippen LogP contribution in [0.4, 0.5) is 8.78 Å². The average molecular weight is 353 g/mol. The van der Waals surface area contributed by atoms with Gasteiger partial charge in [-0.05, 0) is 35.7 Å².